The Balaban J connectivity index is 2.64. The van der Waals surface area contributed by atoms with Crippen molar-refractivity contribution in [3.8, 4) is 0 Å². The van der Waals surface area contributed by atoms with Crippen molar-refractivity contribution in [1.29, 1.82) is 0 Å². The minimum atomic E-state index is -0.796. The topological polar surface area (TPSA) is 68.9 Å². The molecule has 0 radical (unpaired) electrons. The van der Waals surface area contributed by atoms with Crippen LogP contribution in [0.3, 0.4) is 0 Å². The summed E-state index contributed by atoms with van der Waals surface area (Å²) in [4.78, 5) is 16.1. The normalized spacial score (nSPS) is 12.8. The van der Waals surface area contributed by atoms with E-state index in [0.717, 1.165) is 5.69 Å². The maximum absolute atomic E-state index is 10.5. The van der Waals surface area contributed by atoms with Crippen molar-refractivity contribution < 1.29 is 9.90 Å². The summed E-state index contributed by atoms with van der Waals surface area (Å²) in [5, 5.41) is 8.60. The van der Waals surface area contributed by atoms with E-state index >= 15 is 0 Å². The summed E-state index contributed by atoms with van der Waals surface area (Å²) in [5.41, 5.74) is 0.829. The van der Waals surface area contributed by atoms with Gasteiger partial charge in [0.05, 0.1) is 5.92 Å². The number of rotatable bonds is 3. The number of carboxylic acid groups (broad SMARTS) is 1. The third kappa shape index (κ3) is 2.20. The monoisotopic (exact) mass is 186 g/mol. The van der Waals surface area contributed by atoms with Gasteiger partial charge in [-0.15, -0.1) is 0 Å². The van der Waals surface area contributed by atoms with E-state index in [9.17, 15) is 4.79 Å². The van der Waals surface area contributed by atoms with E-state index in [1.54, 1.807) is 13.1 Å². The molecule has 5 heteroatoms. The van der Waals surface area contributed by atoms with Gasteiger partial charge in [0.25, 0.3) is 0 Å². The van der Waals surface area contributed by atoms with Crippen LogP contribution in [-0.2, 0) is 11.2 Å². The highest BCUT2D eigenvalue weighted by Crippen LogP contribution is 2.04. The molecule has 1 heterocycles. The van der Waals surface area contributed by atoms with Crippen LogP contribution in [0.2, 0.25) is 0 Å². The van der Waals surface area contributed by atoms with Gasteiger partial charge >= 0.3 is 5.97 Å². The van der Waals surface area contributed by atoms with E-state index in [1.165, 1.54) is 0 Å². The van der Waals surface area contributed by atoms with E-state index in [1.807, 2.05) is 0 Å². The third-order valence-electron chi connectivity index (χ3n) is 1.60. The molecule has 0 aliphatic rings. The molecule has 66 valence electrons. The Bertz CT molecular complexity index is 328. The molecule has 0 aliphatic heterocycles. The van der Waals surface area contributed by atoms with Crippen LogP contribution in [0.4, 0.5) is 0 Å². The number of hydrogen-bond donors (Lipinski definition) is 3. The van der Waals surface area contributed by atoms with Gasteiger partial charge in [0.15, 0.2) is 4.77 Å². The highest BCUT2D eigenvalue weighted by Gasteiger charge is 2.11. The standard InChI is InChI=1S/C7H10N2O2S/c1-4(6(10)11)2-5-3-8-7(12)9-5/h3-4H,2H2,1H3,(H,10,11)(H2,8,9,12)/t4-/m0/s1. The molecule has 0 amide bonds. The molecular formula is C7H10N2O2S. The Morgan fingerprint density at radius 3 is 2.92 bits per heavy atom. The molecule has 0 saturated carbocycles. The van der Waals surface area contributed by atoms with Crippen molar-refractivity contribution >= 4 is 18.2 Å². The van der Waals surface area contributed by atoms with Crippen molar-refractivity contribution in [2.24, 2.45) is 5.92 Å². The lowest BCUT2D eigenvalue weighted by molar-refractivity contribution is -0.141. The zero-order valence-corrected chi connectivity index (χ0v) is 7.44. The second kappa shape index (κ2) is 3.53. The van der Waals surface area contributed by atoms with Gasteiger partial charge < -0.3 is 15.1 Å². The van der Waals surface area contributed by atoms with Crippen LogP contribution in [0.1, 0.15) is 12.6 Å². The molecule has 0 fully saturated rings. The van der Waals surface area contributed by atoms with E-state index in [0.29, 0.717) is 11.2 Å². The molecule has 0 bridgehead atoms. The largest absolute Gasteiger partial charge is 0.481 e. The van der Waals surface area contributed by atoms with Gasteiger partial charge in [-0.05, 0) is 12.2 Å². The van der Waals surface area contributed by atoms with Gasteiger partial charge in [0.1, 0.15) is 0 Å². The second-order valence-electron chi connectivity index (χ2n) is 2.71. The molecule has 1 atom stereocenters. The van der Waals surface area contributed by atoms with Crippen LogP contribution in [0.25, 0.3) is 0 Å². The zero-order valence-electron chi connectivity index (χ0n) is 6.63. The van der Waals surface area contributed by atoms with Crippen LogP contribution in [-0.4, -0.2) is 21.0 Å². The first kappa shape index (κ1) is 8.99. The summed E-state index contributed by atoms with van der Waals surface area (Å²) in [6, 6.07) is 0. The number of hydrogen-bond acceptors (Lipinski definition) is 2. The number of imidazole rings is 1. The van der Waals surface area contributed by atoms with Crippen molar-refractivity contribution in [2.75, 3.05) is 0 Å². The van der Waals surface area contributed by atoms with Crippen LogP contribution in [0.5, 0.6) is 0 Å². The van der Waals surface area contributed by atoms with E-state index in [4.69, 9.17) is 17.3 Å². The van der Waals surface area contributed by atoms with Gasteiger partial charge in [-0.3, -0.25) is 4.79 Å². The van der Waals surface area contributed by atoms with Gasteiger partial charge in [-0.25, -0.2) is 0 Å². The Morgan fingerprint density at radius 2 is 2.50 bits per heavy atom. The fourth-order valence-corrected chi connectivity index (χ4v) is 1.09. The molecule has 3 N–H and O–H groups in total. The Kier molecular flexibility index (Phi) is 2.65. The number of aromatic amines is 2. The quantitative estimate of drug-likeness (QED) is 0.624. The lowest BCUT2D eigenvalue weighted by Gasteiger charge is -2.01. The van der Waals surface area contributed by atoms with Crippen molar-refractivity contribution in [2.45, 2.75) is 13.3 Å². The predicted molar refractivity (Wildman–Crippen MR) is 46.5 cm³/mol. The molecule has 0 aliphatic carbocycles. The summed E-state index contributed by atoms with van der Waals surface area (Å²) in [6.45, 7) is 1.66. The van der Waals surface area contributed by atoms with Gasteiger partial charge in [-0.1, -0.05) is 6.92 Å². The van der Waals surface area contributed by atoms with Crippen molar-refractivity contribution in [3.05, 3.63) is 16.7 Å². The van der Waals surface area contributed by atoms with Crippen LogP contribution >= 0.6 is 12.2 Å². The molecule has 1 aromatic heterocycles. The maximum Gasteiger partial charge on any atom is 0.306 e. The summed E-state index contributed by atoms with van der Waals surface area (Å²) < 4.78 is 0.530. The minimum Gasteiger partial charge on any atom is -0.481 e. The summed E-state index contributed by atoms with van der Waals surface area (Å²) in [7, 11) is 0. The van der Waals surface area contributed by atoms with Crippen LogP contribution in [0, 0.1) is 10.7 Å². The SMILES string of the molecule is C[C@@H](Cc1c[nH]c(=S)[nH]1)C(=O)O. The van der Waals surface area contributed by atoms with Gasteiger partial charge in [0, 0.05) is 18.3 Å². The van der Waals surface area contributed by atoms with Gasteiger partial charge in [0.2, 0.25) is 0 Å². The lowest BCUT2D eigenvalue weighted by atomic mass is 10.1. The Hall–Kier alpha value is -1.10. The number of carbonyl (C=O) groups is 1. The molecule has 0 aromatic carbocycles. The molecule has 4 nitrogen and oxygen atoms in total. The first-order chi connectivity index (χ1) is 5.59. The first-order valence-corrected chi connectivity index (χ1v) is 4.00. The zero-order chi connectivity index (χ0) is 9.14. The number of aromatic nitrogens is 2. The average Bonchev–Trinajstić information content (AvgIpc) is 2.35. The van der Waals surface area contributed by atoms with Crippen molar-refractivity contribution in [3.63, 3.8) is 0 Å². The van der Waals surface area contributed by atoms with Gasteiger partial charge in [-0.2, -0.15) is 0 Å². The average molecular weight is 186 g/mol. The Morgan fingerprint density at radius 1 is 1.83 bits per heavy atom. The number of carboxylic acids is 1. The highest BCUT2D eigenvalue weighted by molar-refractivity contribution is 7.71. The summed E-state index contributed by atoms with van der Waals surface area (Å²) >= 11 is 4.79. The first-order valence-electron chi connectivity index (χ1n) is 3.59. The van der Waals surface area contributed by atoms with Crippen molar-refractivity contribution in [1.82, 2.24) is 9.97 Å². The molecule has 0 unspecified atom stereocenters. The summed E-state index contributed by atoms with van der Waals surface area (Å²) in [6.07, 6.45) is 2.17. The molecule has 0 saturated heterocycles. The van der Waals surface area contributed by atoms with E-state index in [2.05, 4.69) is 9.97 Å². The van der Waals surface area contributed by atoms with Crippen LogP contribution in [0.15, 0.2) is 6.20 Å². The number of H-pyrrole nitrogens is 2. The third-order valence-corrected chi connectivity index (χ3v) is 1.82. The van der Waals surface area contributed by atoms with E-state index < -0.39 is 5.97 Å². The second-order valence-corrected chi connectivity index (χ2v) is 3.12. The molecule has 12 heavy (non-hydrogen) atoms. The summed E-state index contributed by atoms with van der Waals surface area (Å²) in [5.74, 6) is -1.18. The fraction of sp³-hybridized carbons (Fsp3) is 0.429. The molecule has 1 rings (SSSR count). The molecule has 1 aromatic rings. The minimum absolute atomic E-state index is 0.383. The van der Waals surface area contributed by atoms with E-state index in [-0.39, 0.29) is 5.92 Å². The predicted octanol–water partition coefficient (Wildman–Crippen LogP) is 1.34. The molecular weight excluding hydrogens is 176 g/mol. The highest BCUT2D eigenvalue weighted by atomic mass is 32.1. The fourth-order valence-electron chi connectivity index (χ4n) is 0.898. The maximum atomic E-state index is 10.5. The smallest absolute Gasteiger partial charge is 0.306 e. The molecule has 0 spiro atoms. The number of aliphatic carboxylic acids is 1. The lowest BCUT2D eigenvalue weighted by Crippen LogP contribution is -2.12. The Labute approximate surface area is 74.6 Å². The number of nitrogens with one attached hydrogen (secondary N) is 2. The van der Waals surface area contributed by atoms with Crippen LogP contribution < -0.4 is 0 Å².